The number of aliphatic hydroxyl groups is 1. The van der Waals surface area contributed by atoms with Crippen molar-refractivity contribution in [3.8, 4) is 0 Å². The van der Waals surface area contributed by atoms with Crippen LogP contribution in [0, 0.1) is 0 Å². The monoisotopic (exact) mass is 298 g/mol. The van der Waals surface area contributed by atoms with E-state index in [1.54, 1.807) is 10.6 Å². The zero-order valence-corrected chi connectivity index (χ0v) is 11.6. The average Bonchev–Trinajstić information content (AvgIpc) is 3.11. The number of aliphatic hydroxyl groups excluding tert-OH is 1. The van der Waals surface area contributed by atoms with Crippen molar-refractivity contribution in [2.75, 3.05) is 13.2 Å². The second kappa shape index (κ2) is 4.93. The van der Waals surface area contributed by atoms with Crippen LogP contribution in [0.3, 0.4) is 0 Å². The minimum absolute atomic E-state index is 0.0926. The van der Waals surface area contributed by atoms with E-state index in [1.165, 1.54) is 0 Å². The number of hydrogen-bond acceptors (Lipinski definition) is 5. The Morgan fingerprint density at radius 1 is 1.36 bits per heavy atom. The van der Waals surface area contributed by atoms with Crippen LogP contribution in [0.25, 0.3) is 27.7 Å². The summed E-state index contributed by atoms with van der Waals surface area (Å²) in [7, 11) is 0. The molecule has 0 fully saturated rings. The van der Waals surface area contributed by atoms with E-state index in [9.17, 15) is 4.79 Å². The first kappa shape index (κ1) is 13.0. The zero-order chi connectivity index (χ0) is 15.1. The fraction of sp³-hybridized carbons (Fsp3) is 0.214. The van der Waals surface area contributed by atoms with E-state index in [-0.39, 0.29) is 12.3 Å². The van der Waals surface area contributed by atoms with E-state index < -0.39 is 0 Å². The molecule has 0 spiro atoms. The van der Waals surface area contributed by atoms with Crippen LogP contribution in [0.5, 0.6) is 0 Å². The third kappa shape index (κ3) is 1.89. The fourth-order valence-corrected chi connectivity index (χ4v) is 2.64. The summed E-state index contributed by atoms with van der Waals surface area (Å²) in [5.41, 5.74) is 4.17. The van der Waals surface area contributed by atoms with Crippen molar-refractivity contribution < 1.29 is 5.11 Å². The number of nitrogens with one attached hydrogen (secondary N) is 3. The second-order valence-corrected chi connectivity index (χ2v) is 5.08. The van der Waals surface area contributed by atoms with Gasteiger partial charge in [0.1, 0.15) is 5.52 Å². The van der Waals surface area contributed by atoms with Crippen LogP contribution in [0.15, 0.2) is 29.2 Å². The summed E-state index contributed by atoms with van der Waals surface area (Å²) >= 11 is 0. The SMILES string of the molecule is O=c1[nH]c2cn[nH]c2c2nc3ccc(CNCCO)cc3n12. The van der Waals surface area contributed by atoms with Crippen molar-refractivity contribution in [2.24, 2.45) is 0 Å². The third-order valence-corrected chi connectivity index (χ3v) is 3.64. The van der Waals surface area contributed by atoms with E-state index in [0.717, 1.165) is 16.6 Å². The quantitative estimate of drug-likeness (QED) is 0.400. The Morgan fingerprint density at radius 2 is 2.27 bits per heavy atom. The van der Waals surface area contributed by atoms with Crippen LogP contribution in [0.2, 0.25) is 0 Å². The minimum atomic E-state index is -0.244. The maximum atomic E-state index is 12.3. The highest BCUT2D eigenvalue weighted by molar-refractivity contribution is 5.93. The lowest BCUT2D eigenvalue weighted by atomic mass is 10.2. The zero-order valence-electron chi connectivity index (χ0n) is 11.6. The maximum Gasteiger partial charge on any atom is 0.332 e. The van der Waals surface area contributed by atoms with Gasteiger partial charge >= 0.3 is 5.69 Å². The molecule has 112 valence electrons. The molecule has 4 rings (SSSR count). The number of rotatable bonds is 4. The normalized spacial score (nSPS) is 11.9. The molecule has 0 aliphatic rings. The predicted molar refractivity (Wildman–Crippen MR) is 81.8 cm³/mol. The largest absolute Gasteiger partial charge is 0.395 e. The molecule has 0 unspecified atom stereocenters. The van der Waals surface area contributed by atoms with Crippen LogP contribution in [-0.2, 0) is 6.54 Å². The summed E-state index contributed by atoms with van der Waals surface area (Å²) in [6, 6.07) is 5.77. The molecule has 0 atom stereocenters. The lowest BCUT2D eigenvalue weighted by Crippen LogP contribution is -2.18. The minimum Gasteiger partial charge on any atom is -0.395 e. The van der Waals surface area contributed by atoms with Gasteiger partial charge in [0.05, 0.1) is 29.4 Å². The molecule has 8 heteroatoms. The molecule has 8 nitrogen and oxygen atoms in total. The summed E-state index contributed by atoms with van der Waals surface area (Å²) in [5.74, 6) is 0. The standard InChI is InChI=1S/C14H14N6O2/c21-4-3-15-6-8-1-2-9-11(5-8)20-13(17-9)12-10(7-16-19-12)18-14(20)22/h1-2,5,7,15,21H,3-4,6H2,(H,16,19)(H,18,22). The predicted octanol–water partition coefficient (Wildman–Crippen LogP) is 0.134. The molecule has 0 saturated carbocycles. The van der Waals surface area contributed by atoms with Gasteiger partial charge in [-0.2, -0.15) is 5.10 Å². The number of fused-ring (bicyclic) bond motifs is 5. The number of hydrogen-bond donors (Lipinski definition) is 4. The van der Waals surface area contributed by atoms with Crippen molar-refractivity contribution in [3.63, 3.8) is 0 Å². The number of benzene rings is 1. The van der Waals surface area contributed by atoms with Crippen molar-refractivity contribution >= 4 is 27.7 Å². The Bertz CT molecular complexity index is 1030. The molecule has 0 aliphatic carbocycles. The van der Waals surface area contributed by atoms with E-state index >= 15 is 0 Å². The number of nitrogens with zero attached hydrogens (tertiary/aromatic N) is 3. The fourth-order valence-electron chi connectivity index (χ4n) is 2.64. The molecule has 0 amide bonds. The first-order valence-corrected chi connectivity index (χ1v) is 6.96. The van der Waals surface area contributed by atoms with Crippen LogP contribution in [0.1, 0.15) is 5.56 Å². The molecule has 1 aromatic carbocycles. The van der Waals surface area contributed by atoms with Gasteiger partial charge < -0.3 is 15.4 Å². The van der Waals surface area contributed by atoms with Crippen molar-refractivity contribution in [1.29, 1.82) is 0 Å². The van der Waals surface area contributed by atoms with Crippen LogP contribution in [-0.4, -0.2) is 42.8 Å². The van der Waals surface area contributed by atoms with Gasteiger partial charge in [-0.3, -0.25) is 5.10 Å². The van der Waals surface area contributed by atoms with Gasteiger partial charge in [-0.1, -0.05) is 6.07 Å². The molecule has 0 aliphatic heterocycles. The highest BCUT2D eigenvalue weighted by Gasteiger charge is 2.12. The van der Waals surface area contributed by atoms with Gasteiger partial charge in [0.15, 0.2) is 5.65 Å². The van der Waals surface area contributed by atoms with Crippen molar-refractivity contribution in [1.82, 2.24) is 29.9 Å². The Labute approximate surface area is 123 Å². The lowest BCUT2D eigenvalue weighted by Gasteiger charge is -2.03. The van der Waals surface area contributed by atoms with Crippen LogP contribution < -0.4 is 11.0 Å². The summed E-state index contributed by atoms with van der Waals surface area (Å²) < 4.78 is 1.55. The van der Waals surface area contributed by atoms with Gasteiger partial charge in [0, 0.05) is 13.1 Å². The summed E-state index contributed by atoms with van der Waals surface area (Å²) in [6.45, 7) is 1.24. The smallest absolute Gasteiger partial charge is 0.332 e. The van der Waals surface area contributed by atoms with E-state index in [2.05, 4.69) is 25.5 Å². The van der Waals surface area contributed by atoms with E-state index in [1.807, 2.05) is 18.2 Å². The first-order valence-electron chi connectivity index (χ1n) is 6.96. The number of aromatic amines is 2. The molecule has 0 saturated heterocycles. The van der Waals surface area contributed by atoms with Crippen molar-refractivity contribution in [3.05, 3.63) is 40.4 Å². The molecule has 3 aromatic heterocycles. The van der Waals surface area contributed by atoms with Gasteiger partial charge in [-0.25, -0.2) is 14.2 Å². The molecular weight excluding hydrogens is 284 g/mol. The Kier molecular flexibility index (Phi) is 2.91. The number of H-pyrrole nitrogens is 2. The highest BCUT2D eigenvalue weighted by atomic mass is 16.3. The molecule has 22 heavy (non-hydrogen) atoms. The van der Waals surface area contributed by atoms with Crippen LogP contribution >= 0.6 is 0 Å². The first-order chi connectivity index (χ1) is 10.8. The van der Waals surface area contributed by atoms with E-state index in [0.29, 0.717) is 29.8 Å². The number of aromatic nitrogens is 5. The molecule has 3 heterocycles. The lowest BCUT2D eigenvalue weighted by molar-refractivity contribution is 0.292. The average molecular weight is 298 g/mol. The molecule has 4 N–H and O–H groups in total. The van der Waals surface area contributed by atoms with Gasteiger partial charge in [-0.15, -0.1) is 0 Å². The third-order valence-electron chi connectivity index (χ3n) is 3.64. The van der Waals surface area contributed by atoms with E-state index in [4.69, 9.17) is 5.11 Å². The molecule has 0 radical (unpaired) electrons. The number of imidazole rings is 1. The van der Waals surface area contributed by atoms with Gasteiger partial charge in [0.25, 0.3) is 0 Å². The summed E-state index contributed by atoms with van der Waals surface area (Å²) in [6.07, 6.45) is 1.57. The summed E-state index contributed by atoms with van der Waals surface area (Å²) in [5, 5.41) is 18.7. The van der Waals surface area contributed by atoms with Gasteiger partial charge in [-0.05, 0) is 17.7 Å². The second-order valence-electron chi connectivity index (χ2n) is 5.08. The topological polar surface area (TPSA) is 111 Å². The van der Waals surface area contributed by atoms with Crippen molar-refractivity contribution in [2.45, 2.75) is 6.54 Å². The molecule has 0 bridgehead atoms. The highest BCUT2D eigenvalue weighted by Crippen LogP contribution is 2.20. The molecular formula is C14H14N6O2. The maximum absolute atomic E-state index is 12.3. The Morgan fingerprint density at radius 3 is 3.14 bits per heavy atom. The Hall–Kier alpha value is -2.71. The van der Waals surface area contributed by atoms with Gasteiger partial charge in [0.2, 0.25) is 0 Å². The Balaban J connectivity index is 1.95. The van der Waals surface area contributed by atoms with Crippen LogP contribution in [0.4, 0.5) is 0 Å². The molecule has 4 aromatic rings. The summed E-state index contributed by atoms with van der Waals surface area (Å²) in [4.78, 5) is 19.6.